The van der Waals surface area contributed by atoms with Gasteiger partial charge in [0.25, 0.3) is 0 Å². The van der Waals surface area contributed by atoms with Crippen LogP contribution in [0.25, 0.3) is 0 Å². The minimum Gasteiger partial charge on any atom is -0.376 e. The minimum atomic E-state index is 0.185. The van der Waals surface area contributed by atoms with Crippen molar-refractivity contribution < 1.29 is 4.74 Å². The summed E-state index contributed by atoms with van der Waals surface area (Å²) in [5.74, 6) is 0.701. The number of ether oxygens (including phenoxy) is 1. The maximum atomic E-state index is 6.09. The van der Waals surface area contributed by atoms with E-state index in [1.54, 1.807) is 0 Å². The van der Waals surface area contributed by atoms with E-state index >= 15 is 0 Å². The Labute approximate surface area is 115 Å². The van der Waals surface area contributed by atoms with Gasteiger partial charge in [-0.3, -0.25) is 0 Å². The van der Waals surface area contributed by atoms with E-state index < -0.39 is 0 Å². The molecule has 2 nitrogen and oxygen atoms in total. The van der Waals surface area contributed by atoms with Gasteiger partial charge in [0.1, 0.15) is 0 Å². The Morgan fingerprint density at radius 1 is 1.00 bits per heavy atom. The molecule has 2 atom stereocenters. The highest BCUT2D eigenvalue weighted by Crippen LogP contribution is 2.30. The molecule has 0 radical (unpaired) electrons. The highest BCUT2D eigenvalue weighted by atomic mass is 16.5. The van der Waals surface area contributed by atoms with Crippen LogP contribution in [0.5, 0.6) is 0 Å². The van der Waals surface area contributed by atoms with Gasteiger partial charge < -0.3 is 10.1 Å². The fourth-order valence-electron chi connectivity index (χ4n) is 2.70. The lowest BCUT2D eigenvalue weighted by atomic mass is 9.78. The topological polar surface area (TPSA) is 21.3 Å². The third kappa shape index (κ3) is 5.71. The SMILES string of the molecule is CCCNC(C(CC)CC)C(OCC)C(C)(C)C. The van der Waals surface area contributed by atoms with Crippen LogP contribution < -0.4 is 5.32 Å². The van der Waals surface area contributed by atoms with Gasteiger partial charge in [0.05, 0.1) is 6.10 Å². The van der Waals surface area contributed by atoms with Gasteiger partial charge in [-0.05, 0) is 31.2 Å². The average molecular weight is 257 g/mol. The smallest absolute Gasteiger partial charge is 0.0778 e. The first-order valence-electron chi connectivity index (χ1n) is 7.77. The normalized spacial score (nSPS) is 16.0. The van der Waals surface area contributed by atoms with Crippen molar-refractivity contribution in [3.63, 3.8) is 0 Å². The molecule has 0 aliphatic heterocycles. The molecule has 0 aromatic carbocycles. The summed E-state index contributed by atoms with van der Waals surface area (Å²) in [6, 6.07) is 0.472. The van der Waals surface area contributed by atoms with Crippen molar-refractivity contribution in [1.82, 2.24) is 5.32 Å². The molecule has 0 saturated heterocycles. The van der Waals surface area contributed by atoms with Gasteiger partial charge in [-0.15, -0.1) is 0 Å². The van der Waals surface area contributed by atoms with E-state index in [2.05, 4.69) is 53.8 Å². The Morgan fingerprint density at radius 3 is 1.89 bits per heavy atom. The van der Waals surface area contributed by atoms with E-state index in [0.717, 1.165) is 13.2 Å². The predicted octanol–water partition coefficient (Wildman–Crippen LogP) is 4.24. The molecule has 2 unspecified atom stereocenters. The predicted molar refractivity (Wildman–Crippen MR) is 81.0 cm³/mol. The molecule has 0 saturated carbocycles. The molecular weight excluding hydrogens is 222 g/mol. The summed E-state index contributed by atoms with van der Waals surface area (Å²) in [5.41, 5.74) is 0.185. The standard InChI is InChI=1S/C16H35NO/c1-8-12-17-14(13(9-2)10-3)15(18-11-4)16(5,6)7/h13-15,17H,8-12H2,1-7H3. The molecule has 0 bridgehead atoms. The van der Waals surface area contributed by atoms with Crippen LogP contribution in [0.3, 0.4) is 0 Å². The molecular formula is C16H35NO. The Balaban J connectivity index is 4.95. The zero-order valence-electron chi connectivity index (χ0n) is 13.7. The molecule has 0 rings (SSSR count). The van der Waals surface area contributed by atoms with Crippen LogP contribution in [0, 0.1) is 11.3 Å². The summed E-state index contributed by atoms with van der Waals surface area (Å²) < 4.78 is 6.09. The van der Waals surface area contributed by atoms with Gasteiger partial charge in [-0.25, -0.2) is 0 Å². The van der Waals surface area contributed by atoms with E-state index in [4.69, 9.17) is 4.74 Å². The second kappa shape index (κ2) is 8.92. The lowest BCUT2D eigenvalue weighted by molar-refractivity contribution is -0.0497. The van der Waals surface area contributed by atoms with Crippen LogP contribution in [-0.4, -0.2) is 25.3 Å². The van der Waals surface area contributed by atoms with Crippen molar-refractivity contribution >= 4 is 0 Å². The summed E-state index contributed by atoms with van der Waals surface area (Å²) in [6.07, 6.45) is 3.91. The van der Waals surface area contributed by atoms with Gasteiger partial charge in [0, 0.05) is 12.6 Å². The minimum absolute atomic E-state index is 0.185. The Bertz CT molecular complexity index is 194. The molecule has 0 amide bonds. The third-order valence-corrected chi connectivity index (χ3v) is 3.71. The van der Waals surface area contributed by atoms with E-state index in [1.807, 2.05) is 0 Å². The fourth-order valence-corrected chi connectivity index (χ4v) is 2.70. The van der Waals surface area contributed by atoms with E-state index in [9.17, 15) is 0 Å². The molecule has 0 heterocycles. The molecule has 0 aliphatic carbocycles. The molecule has 0 aromatic heterocycles. The molecule has 0 fully saturated rings. The van der Waals surface area contributed by atoms with Crippen molar-refractivity contribution in [2.45, 2.75) is 79.9 Å². The first-order chi connectivity index (χ1) is 8.42. The quantitative estimate of drug-likeness (QED) is 0.667. The second-order valence-electron chi connectivity index (χ2n) is 6.30. The molecule has 2 heteroatoms. The highest BCUT2D eigenvalue weighted by Gasteiger charge is 2.35. The number of hydrogen-bond acceptors (Lipinski definition) is 2. The maximum Gasteiger partial charge on any atom is 0.0778 e. The van der Waals surface area contributed by atoms with Gasteiger partial charge in [0.2, 0.25) is 0 Å². The van der Waals surface area contributed by atoms with Crippen molar-refractivity contribution in [1.29, 1.82) is 0 Å². The Hall–Kier alpha value is -0.0800. The van der Waals surface area contributed by atoms with Crippen LogP contribution in [-0.2, 0) is 4.74 Å². The zero-order valence-corrected chi connectivity index (χ0v) is 13.7. The van der Waals surface area contributed by atoms with Crippen LogP contribution in [0.15, 0.2) is 0 Å². The summed E-state index contributed by atoms with van der Waals surface area (Å²) in [5, 5.41) is 3.74. The first kappa shape index (κ1) is 17.9. The molecule has 0 spiro atoms. The van der Waals surface area contributed by atoms with Crippen LogP contribution in [0.4, 0.5) is 0 Å². The molecule has 1 N–H and O–H groups in total. The Kier molecular flexibility index (Phi) is 8.89. The van der Waals surface area contributed by atoms with Gasteiger partial charge >= 0.3 is 0 Å². The molecule has 0 aromatic rings. The Morgan fingerprint density at radius 2 is 1.56 bits per heavy atom. The summed E-state index contributed by atoms with van der Waals surface area (Å²) in [4.78, 5) is 0. The summed E-state index contributed by atoms with van der Waals surface area (Å²) in [6.45, 7) is 17.7. The van der Waals surface area contributed by atoms with Gasteiger partial charge in [0.15, 0.2) is 0 Å². The van der Waals surface area contributed by atoms with Crippen LogP contribution >= 0.6 is 0 Å². The van der Waals surface area contributed by atoms with E-state index in [0.29, 0.717) is 18.1 Å². The monoisotopic (exact) mass is 257 g/mol. The lowest BCUT2D eigenvalue weighted by Gasteiger charge is -2.41. The highest BCUT2D eigenvalue weighted by molar-refractivity contribution is 4.90. The molecule has 18 heavy (non-hydrogen) atoms. The van der Waals surface area contributed by atoms with Crippen molar-refractivity contribution in [2.24, 2.45) is 11.3 Å². The van der Waals surface area contributed by atoms with Gasteiger partial charge in [-0.1, -0.05) is 54.4 Å². The summed E-state index contributed by atoms with van der Waals surface area (Å²) in [7, 11) is 0. The van der Waals surface area contributed by atoms with Crippen molar-refractivity contribution in [3.05, 3.63) is 0 Å². The van der Waals surface area contributed by atoms with Gasteiger partial charge in [-0.2, -0.15) is 0 Å². The lowest BCUT2D eigenvalue weighted by Crippen LogP contribution is -2.52. The molecule has 0 aliphatic rings. The zero-order chi connectivity index (χ0) is 14.2. The first-order valence-corrected chi connectivity index (χ1v) is 7.77. The molecule has 110 valence electrons. The second-order valence-corrected chi connectivity index (χ2v) is 6.30. The summed E-state index contributed by atoms with van der Waals surface area (Å²) >= 11 is 0. The number of nitrogens with one attached hydrogen (secondary N) is 1. The maximum absolute atomic E-state index is 6.09. The van der Waals surface area contributed by atoms with Crippen LogP contribution in [0.1, 0.15) is 67.7 Å². The van der Waals surface area contributed by atoms with Crippen molar-refractivity contribution in [2.75, 3.05) is 13.2 Å². The fraction of sp³-hybridized carbons (Fsp3) is 1.00. The average Bonchev–Trinajstić information content (AvgIpc) is 2.31. The van der Waals surface area contributed by atoms with Crippen LogP contribution in [0.2, 0.25) is 0 Å². The largest absolute Gasteiger partial charge is 0.376 e. The third-order valence-electron chi connectivity index (χ3n) is 3.71. The van der Waals surface area contributed by atoms with Crippen molar-refractivity contribution in [3.8, 4) is 0 Å². The number of hydrogen-bond donors (Lipinski definition) is 1. The number of rotatable bonds is 9. The van der Waals surface area contributed by atoms with E-state index in [-0.39, 0.29) is 5.41 Å². The van der Waals surface area contributed by atoms with E-state index in [1.165, 1.54) is 19.3 Å².